The van der Waals surface area contributed by atoms with E-state index in [9.17, 15) is 9.18 Å². The number of hydrogen-bond donors (Lipinski definition) is 0. The monoisotopic (exact) mass is 355 g/mol. The lowest BCUT2D eigenvalue weighted by molar-refractivity contribution is 0.0721. The number of carbonyl (C=O) groups is 1. The van der Waals surface area contributed by atoms with Gasteiger partial charge in [-0.05, 0) is 12.1 Å². The molecule has 1 aliphatic rings. The highest BCUT2D eigenvalue weighted by molar-refractivity contribution is 5.93. The van der Waals surface area contributed by atoms with Crippen LogP contribution in [0.4, 0.5) is 4.39 Å². The molecule has 0 atom stereocenters. The van der Waals surface area contributed by atoms with E-state index in [-0.39, 0.29) is 17.6 Å². The molecule has 0 unspecified atom stereocenters. The molecule has 0 aliphatic carbocycles. The molecule has 0 fully saturated rings. The third-order valence-corrected chi connectivity index (χ3v) is 4.53. The van der Waals surface area contributed by atoms with Crippen LogP contribution in [0.1, 0.15) is 47.3 Å². The minimum absolute atomic E-state index is 0.0650. The molecule has 6 nitrogen and oxygen atoms in total. The van der Waals surface area contributed by atoms with Crippen LogP contribution in [0.15, 0.2) is 39.6 Å². The zero-order chi connectivity index (χ0) is 18.3. The van der Waals surface area contributed by atoms with Gasteiger partial charge in [-0.3, -0.25) is 4.79 Å². The third-order valence-electron chi connectivity index (χ3n) is 4.53. The minimum atomic E-state index is -0.341. The van der Waals surface area contributed by atoms with Gasteiger partial charge < -0.3 is 13.8 Å². The molecule has 3 heterocycles. The van der Waals surface area contributed by atoms with Crippen molar-refractivity contribution in [2.75, 3.05) is 6.54 Å². The first-order chi connectivity index (χ1) is 12.5. The minimum Gasteiger partial charge on any atom is -0.447 e. The van der Waals surface area contributed by atoms with Gasteiger partial charge in [0.15, 0.2) is 12.1 Å². The highest BCUT2D eigenvalue weighted by atomic mass is 19.1. The molecule has 2 aromatic heterocycles. The topological polar surface area (TPSA) is 72.4 Å². The summed E-state index contributed by atoms with van der Waals surface area (Å²) in [5, 5.41) is 4.10. The first kappa shape index (κ1) is 16.5. The van der Waals surface area contributed by atoms with Crippen molar-refractivity contribution in [1.82, 2.24) is 15.0 Å². The molecule has 0 saturated carbocycles. The maximum absolute atomic E-state index is 13.6. The lowest BCUT2D eigenvalue weighted by atomic mass is 10.0. The first-order valence-electron chi connectivity index (χ1n) is 8.50. The Morgan fingerprint density at radius 2 is 2.19 bits per heavy atom. The number of benzene rings is 1. The molecule has 4 rings (SSSR count). The van der Waals surface area contributed by atoms with Crippen LogP contribution >= 0.6 is 0 Å². The maximum Gasteiger partial charge on any atom is 0.276 e. The average Bonchev–Trinajstić information content (AvgIpc) is 3.27. The van der Waals surface area contributed by atoms with E-state index >= 15 is 0 Å². The summed E-state index contributed by atoms with van der Waals surface area (Å²) < 4.78 is 24.3. The van der Waals surface area contributed by atoms with Gasteiger partial charge in [0.2, 0.25) is 0 Å². The number of rotatable bonds is 3. The van der Waals surface area contributed by atoms with Crippen molar-refractivity contribution in [2.24, 2.45) is 0 Å². The van der Waals surface area contributed by atoms with Crippen LogP contribution in [0.3, 0.4) is 0 Å². The third kappa shape index (κ3) is 2.79. The second-order valence-electron chi connectivity index (χ2n) is 6.64. The van der Waals surface area contributed by atoms with E-state index in [0.717, 1.165) is 11.3 Å². The number of carbonyl (C=O) groups excluding carboxylic acids is 1. The van der Waals surface area contributed by atoms with E-state index in [1.807, 2.05) is 13.8 Å². The SMILES string of the molecule is CC(C)c1ocnc1C(=O)N1CCc2onc(-c3cccc(F)c3)c2C1. The van der Waals surface area contributed by atoms with E-state index < -0.39 is 0 Å². The van der Waals surface area contributed by atoms with Crippen LogP contribution in [-0.2, 0) is 13.0 Å². The van der Waals surface area contributed by atoms with E-state index in [1.54, 1.807) is 17.0 Å². The molecule has 1 aromatic carbocycles. The van der Waals surface area contributed by atoms with Crippen molar-refractivity contribution in [3.8, 4) is 11.3 Å². The summed E-state index contributed by atoms with van der Waals surface area (Å²) in [5.41, 5.74) is 2.35. The van der Waals surface area contributed by atoms with Gasteiger partial charge in [-0.2, -0.15) is 0 Å². The van der Waals surface area contributed by atoms with E-state index in [2.05, 4.69) is 10.1 Å². The van der Waals surface area contributed by atoms with Crippen LogP contribution in [0.25, 0.3) is 11.3 Å². The Morgan fingerprint density at radius 3 is 2.96 bits per heavy atom. The zero-order valence-corrected chi connectivity index (χ0v) is 14.5. The van der Waals surface area contributed by atoms with Crippen LogP contribution in [0, 0.1) is 5.82 Å². The van der Waals surface area contributed by atoms with Gasteiger partial charge in [0.1, 0.15) is 23.0 Å². The predicted molar refractivity (Wildman–Crippen MR) is 90.9 cm³/mol. The van der Waals surface area contributed by atoms with Gasteiger partial charge in [0.05, 0.1) is 6.54 Å². The Bertz CT molecular complexity index is 961. The van der Waals surface area contributed by atoms with Crippen LogP contribution < -0.4 is 0 Å². The fraction of sp³-hybridized carbons (Fsp3) is 0.316. The van der Waals surface area contributed by atoms with Crippen molar-refractivity contribution in [1.29, 1.82) is 0 Å². The first-order valence-corrected chi connectivity index (χ1v) is 8.50. The summed E-state index contributed by atoms with van der Waals surface area (Å²) >= 11 is 0. The molecule has 0 radical (unpaired) electrons. The molecule has 0 spiro atoms. The summed E-state index contributed by atoms with van der Waals surface area (Å²) in [5.74, 6) is 0.857. The molecule has 0 bridgehead atoms. The Balaban J connectivity index is 1.64. The second kappa shape index (κ2) is 6.40. The highest BCUT2D eigenvalue weighted by Crippen LogP contribution is 2.31. The summed E-state index contributed by atoms with van der Waals surface area (Å²) in [4.78, 5) is 18.7. The average molecular weight is 355 g/mol. The van der Waals surface area contributed by atoms with Crippen molar-refractivity contribution in [3.05, 3.63) is 59.3 Å². The van der Waals surface area contributed by atoms with E-state index in [1.165, 1.54) is 18.5 Å². The second-order valence-corrected chi connectivity index (χ2v) is 6.64. The number of aromatic nitrogens is 2. The predicted octanol–water partition coefficient (Wildman–Crippen LogP) is 3.79. The Hall–Kier alpha value is -2.96. The van der Waals surface area contributed by atoms with Gasteiger partial charge in [-0.25, -0.2) is 9.37 Å². The Morgan fingerprint density at radius 1 is 1.35 bits per heavy atom. The molecule has 26 heavy (non-hydrogen) atoms. The number of hydrogen-bond acceptors (Lipinski definition) is 5. The largest absolute Gasteiger partial charge is 0.447 e. The zero-order valence-electron chi connectivity index (χ0n) is 14.5. The van der Waals surface area contributed by atoms with Gasteiger partial charge in [-0.15, -0.1) is 0 Å². The summed E-state index contributed by atoms with van der Waals surface area (Å²) in [6.45, 7) is 4.75. The van der Waals surface area contributed by atoms with Crippen LogP contribution in [0.5, 0.6) is 0 Å². The lowest BCUT2D eigenvalue weighted by Crippen LogP contribution is -2.36. The number of fused-ring (bicyclic) bond motifs is 1. The fourth-order valence-electron chi connectivity index (χ4n) is 3.22. The number of amides is 1. The summed E-state index contributed by atoms with van der Waals surface area (Å²) in [6.07, 6.45) is 1.85. The van der Waals surface area contributed by atoms with Crippen molar-refractivity contribution in [2.45, 2.75) is 32.7 Å². The van der Waals surface area contributed by atoms with Gasteiger partial charge in [0.25, 0.3) is 5.91 Å². The summed E-state index contributed by atoms with van der Waals surface area (Å²) in [6, 6.07) is 6.19. The van der Waals surface area contributed by atoms with Gasteiger partial charge in [-0.1, -0.05) is 31.1 Å². The van der Waals surface area contributed by atoms with E-state index in [0.29, 0.717) is 42.2 Å². The van der Waals surface area contributed by atoms with Crippen LogP contribution in [0.2, 0.25) is 0 Å². The Kier molecular flexibility index (Phi) is 4.06. The van der Waals surface area contributed by atoms with Crippen molar-refractivity contribution >= 4 is 5.91 Å². The summed E-state index contributed by atoms with van der Waals surface area (Å²) in [7, 11) is 0. The van der Waals surface area contributed by atoms with Crippen molar-refractivity contribution < 1.29 is 18.1 Å². The van der Waals surface area contributed by atoms with Gasteiger partial charge in [0, 0.05) is 30.0 Å². The quantitative estimate of drug-likeness (QED) is 0.715. The van der Waals surface area contributed by atoms with Crippen molar-refractivity contribution in [3.63, 3.8) is 0 Å². The molecule has 7 heteroatoms. The normalized spacial score (nSPS) is 13.9. The smallest absolute Gasteiger partial charge is 0.276 e. The number of halogens is 1. The maximum atomic E-state index is 13.6. The molecule has 1 aliphatic heterocycles. The molecular formula is C19H18FN3O3. The van der Waals surface area contributed by atoms with E-state index in [4.69, 9.17) is 8.94 Å². The molecular weight excluding hydrogens is 337 g/mol. The molecule has 0 N–H and O–H groups in total. The molecule has 0 saturated heterocycles. The molecule has 3 aromatic rings. The fourth-order valence-corrected chi connectivity index (χ4v) is 3.22. The number of nitrogens with zero attached hydrogens (tertiary/aromatic N) is 3. The lowest BCUT2D eigenvalue weighted by Gasteiger charge is -2.26. The number of oxazole rings is 1. The Labute approximate surface area is 149 Å². The molecule has 134 valence electrons. The molecule has 1 amide bonds. The standard InChI is InChI=1S/C19H18FN3O3/c1-11(2)18-17(21-10-25-18)19(24)23-7-6-15-14(9-23)16(22-26-15)12-4-3-5-13(20)8-12/h3-5,8,10-11H,6-7,9H2,1-2H3. The van der Waals surface area contributed by atoms with Gasteiger partial charge >= 0.3 is 0 Å². The van der Waals surface area contributed by atoms with Crippen LogP contribution in [-0.4, -0.2) is 27.5 Å². The highest BCUT2D eigenvalue weighted by Gasteiger charge is 2.31.